The molecular formula is C19H22N2OS. The summed E-state index contributed by atoms with van der Waals surface area (Å²) >= 11 is 1.68. The third-order valence-electron chi connectivity index (χ3n) is 4.11. The molecule has 0 aliphatic carbocycles. The van der Waals surface area contributed by atoms with Gasteiger partial charge >= 0.3 is 0 Å². The van der Waals surface area contributed by atoms with Gasteiger partial charge in [-0.05, 0) is 50.6 Å². The van der Waals surface area contributed by atoms with Crippen LogP contribution in [0.3, 0.4) is 0 Å². The first-order valence-electron chi connectivity index (χ1n) is 8.02. The van der Waals surface area contributed by atoms with Crippen molar-refractivity contribution in [1.82, 2.24) is 5.32 Å². The number of amides is 1. The predicted octanol–water partition coefficient (Wildman–Crippen LogP) is 3.99. The molecule has 0 bridgehead atoms. The van der Waals surface area contributed by atoms with Crippen LogP contribution in [0.1, 0.15) is 18.9 Å². The predicted molar refractivity (Wildman–Crippen MR) is 98.1 cm³/mol. The molecule has 1 saturated heterocycles. The van der Waals surface area contributed by atoms with E-state index in [1.807, 2.05) is 17.9 Å². The summed E-state index contributed by atoms with van der Waals surface area (Å²) in [7, 11) is 0. The molecule has 23 heavy (non-hydrogen) atoms. The second-order valence-electron chi connectivity index (χ2n) is 5.86. The number of nitrogens with zero attached hydrogens (tertiary/aromatic N) is 1. The Bertz CT molecular complexity index is 696. The van der Waals surface area contributed by atoms with Crippen LogP contribution in [-0.4, -0.2) is 25.0 Å². The third-order valence-corrected chi connectivity index (χ3v) is 5.25. The lowest BCUT2D eigenvalue weighted by Crippen LogP contribution is -2.40. The fourth-order valence-corrected chi connectivity index (χ4v) is 3.97. The zero-order chi connectivity index (χ0) is 16.2. The molecule has 2 heterocycles. The Balaban J connectivity index is 1.90. The molecule has 1 amide bonds. The van der Waals surface area contributed by atoms with Gasteiger partial charge < -0.3 is 5.32 Å². The number of rotatable bonds is 4. The van der Waals surface area contributed by atoms with Gasteiger partial charge in [0.25, 0.3) is 5.91 Å². The van der Waals surface area contributed by atoms with Crippen molar-refractivity contribution in [3.63, 3.8) is 0 Å². The van der Waals surface area contributed by atoms with Crippen molar-refractivity contribution in [1.29, 1.82) is 0 Å². The zero-order valence-corrected chi connectivity index (χ0v) is 14.4. The molecule has 3 rings (SSSR count). The largest absolute Gasteiger partial charge is 0.315 e. The molecular weight excluding hydrogens is 304 g/mol. The van der Waals surface area contributed by atoms with Gasteiger partial charge in [0.15, 0.2) is 0 Å². The van der Waals surface area contributed by atoms with Gasteiger partial charge in [-0.25, -0.2) is 0 Å². The minimum atomic E-state index is 0.0681. The number of thiophene rings is 1. The molecule has 2 aromatic rings. The van der Waals surface area contributed by atoms with Crippen LogP contribution in [-0.2, 0) is 4.79 Å². The van der Waals surface area contributed by atoms with E-state index in [4.69, 9.17) is 0 Å². The van der Waals surface area contributed by atoms with Crippen LogP contribution in [0.5, 0.6) is 0 Å². The van der Waals surface area contributed by atoms with Crippen molar-refractivity contribution < 1.29 is 4.79 Å². The Labute approximate surface area is 141 Å². The van der Waals surface area contributed by atoms with Gasteiger partial charge in [0.1, 0.15) is 0 Å². The Hall–Kier alpha value is -1.91. The van der Waals surface area contributed by atoms with Crippen LogP contribution in [0.4, 0.5) is 5.00 Å². The van der Waals surface area contributed by atoms with Crippen LogP contribution in [0.15, 0.2) is 48.6 Å². The van der Waals surface area contributed by atoms with Crippen LogP contribution in [0.2, 0.25) is 0 Å². The number of aryl methyl sites for hydroxylation is 1. The lowest BCUT2D eigenvalue weighted by Gasteiger charge is -2.25. The summed E-state index contributed by atoms with van der Waals surface area (Å²) in [5.74, 6) is 0.0681. The van der Waals surface area contributed by atoms with E-state index < -0.39 is 0 Å². The second kappa shape index (κ2) is 7.11. The lowest BCUT2D eigenvalue weighted by atomic mass is 10.1. The van der Waals surface area contributed by atoms with E-state index in [0.29, 0.717) is 0 Å². The quantitative estimate of drug-likeness (QED) is 0.862. The first kappa shape index (κ1) is 16.0. The van der Waals surface area contributed by atoms with Crippen LogP contribution in [0.25, 0.3) is 10.4 Å². The van der Waals surface area contributed by atoms with Crippen molar-refractivity contribution in [2.75, 3.05) is 18.0 Å². The number of anilines is 1. The van der Waals surface area contributed by atoms with E-state index in [0.717, 1.165) is 24.5 Å². The SMILES string of the molecule is CC=CC(=O)N(c1ccc(-c2ccc(C)cc2)s1)C1CCNC1. The molecule has 4 heteroatoms. The Morgan fingerprint density at radius 1 is 1.26 bits per heavy atom. The molecule has 0 radical (unpaired) electrons. The molecule has 1 atom stereocenters. The summed E-state index contributed by atoms with van der Waals surface area (Å²) < 4.78 is 0. The van der Waals surface area contributed by atoms with Crippen molar-refractivity contribution in [2.24, 2.45) is 0 Å². The van der Waals surface area contributed by atoms with Crippen LogP contribution in [0, 0.1) is 6.92 Å². The minimum absolute atomic E-state index is 0.0681. The molecule has 1 aliphatic heterocycles. The van der Waals surface area contributed by atoms with Crippen molar-refractivity contribution in [2.45, 2.75) is 26.3 Å². The summed E-state index contributed by atoms with van der Waals surface area (Å²) in [6, 6.07) is 12.9. The first-order valence-corrected chi connectivity index (χ1v) is 8.84. The number of carbonyl (C=O) groups excluding carboxylic acids is 1. The molecule has 0 spiro atoms. The van der Waals surface area contributed by atoms with Gasteiger partial charge in [-0.2, -0.15) is 0 Å². The highest BCUT2D eigenvalue weighted by atomic mass is 32.1. The zero-order valence-electron chi connectivity index (χ0n) is 13.6. The average Bonchev–Trinajstić information content (AvgIpc) is 3.21. The maximum atomic E-state index is 12.5. The average molecular weight is 326 g/mol. The van der Waals surface area contributed by atoms with Gasteiger partial charge in [0.2, 0.25) is 0 Å². The molecule has 1 unspecified atom stereocenters. The summed E-state index contributed by atoms with van der Waals surface area (Å²) in [6.45, 7) is 5.81. The van der Waals surface area contributed by atoms with Gasteiger partial charge in [-0.3, -0.25) is 9.69 Å². The van der Waals surface area contributed by atoms with E-state index in [1.165, 1.54) is 16.0 Å². The number of benzene rings is 1. The molecule has 3 nitrogen and oxygen atoms in total. The standard InChI is InChI=1S/C19H22N2OS/c1-3-4-18(22)21(16-11-12-20-13-16)19-10-9-17(23-19)15-7-5-14(2)6-8-15/h3-10,16,20H,11-13H2,1-2H3. The number of allylic oxidation sites excluding steroid dienone is 1. The molecule has 1 fully saturated rings. The van der Waals surface area contributed by atoms with E-state index in [1.54, 1.807) is 17.4 Å². The highest BCUT2D eigenvalue weighted by molar-refractivity contribution is 7.19. The highest BCUT2D eigenvalue weighted by Crippen LogP contribution is 2.35. The summed E-state index contributed by atoms with van der Waals surface area (Å²) in [5, 5.41) is 4.38. The first-order chi connectivity index (χ1) is 11.2. The summed E-state index contributed by atoms with van der Waals surface area (Å²) in [6.07, 6.45) is 4.47. The fourth-order valence-electron chi connectivity index (χ4n) is 2.88. The van der Waals surface area contributed by atoms with E-state index in [2.05, 4.69) is 48.6 Å². The maximum absolute atomic E-state index is 12.5. The summed E-state index contributed by atoms with van der Waals surface area (Å²) in [5.41, 5.74) is 2.46. The highest BCUT2D eigenvalue weighted by Gasteiger charge is 2.27. The maximum Gasteiger partial charge on any atom is 0.251 e. The molecule has 1 aromatic heterocycles. The van der Waals surface area contributed by atoms with Gasteiger partial charge in [-0.15, -0.1) is 11.3 Å². The monoisotopic (exact) mass is 326 g/mol. The number of carbonyl (C=O) groups is 1. The fraction of sp³-hybridized carbons (Fsp3) is 0.316. The second-order valence-corrected chi connectivity index (χ2v) is 6.92. The van der Waals surface area contributed by atoms with E-state index in [-0.39, 0.29) is 11.9 Å². The number of hydrogen-bond donors (Lipinski definition) is 1. The Kier molecular flexibility index (Phi) is 4.94. The third kappa shape index (κ3) is 3.54. The minimum Gasteiger partial charge on any atom is -0.315 e. The molecule has 1 N–H and O–H groups in total. The Morgan fingerprint density at radius 3 is 2.70 bits per heavy atom. The van der Waals surface area contributed by atoms with Crippen molar-refractivity contribution >= 4 is 22.2 Å². The van der Waals surface area contributed by atoms with Crippen LogP contribution >= 0.6 is 11.3 Å². The van der Waals surface area contributed by atoms with Crippen molar-refractivity contribution in [3.05, 3.63) is 54.1 Å². The van der Waals surface area contributed by atoms with Gasteiger partial charge in [-0.1, -0.05) is 35.9 Å². The topological polar surface area (TPSA) is 32.3 Å². The lowest BCUT2D eigenvalue weighted by molar-refractivity contribution is -0.114. The molecule has 0 saturated carbocycles. The van der Waals surface area contributed by atoms with Crippen LogP contribution < -0.4 is 10.2 Å². The van der Waals surface area contributed by atoms with Crippen molar-refractivity contribution in [3.8, 4) is 10.4 Å². The number of nitrogens with one attached hydrogen (secondary N) is 1. The van der Waals surface area contributed by atoms with Gasteiger partial charge in [0, 0.05) is 11.4 Å². The molecule has 1 aliphatic rings. The summed E-state index contributed by atoms with van der Waals surface area (Å²) in [4.78, 5) is 15.7. The smallest absolute Gasteiger partial charge is 0.251 e. The number of hydrogen-bond acceptors (Lipinski definition) is 3. The normalized spacial score (nSPS) is 17.7. The van der Waals surface area contributed by atoms with E-state index >= 15 is 0 Å². The molecule has 120 valence electrons. The molecule has 1 aromatic carbocycles. The Morgan fingerprint density at radius 2 is 2.04 bits per heavy atom. The van der Waals surface area contributed by atoms with E-state index in [9.17, 15) is 4.79 Å². The van der Waals surface area contributed by atoms with Gasteiger partial charge in [0.05, 0.1) is 11.0 Å².